The fraction of sp³-hybridized carbons (Fsp3) is 0.188. The zero-order valence-electron chi connectivity index (χ0n) is 11.8. The lowest BCUT2D eigenvalue weighted by molar-refractivity contribution is -0.136. The highest BCUT2D eigenvalue weighted by Crippen LogP contribution is 2.20. The van der Waals surface area contributed by atoms with Gasteiger partial charge in [-0.1, -0.05) is 29.8 Å². The highest BCUT2D eigenvalue weighted by atomic mass is 16.4. The van der Waals surface area contributed by atoms with Crippen molar-refractivity contribution in [3.63, 3.8) is 0 Å². The summed E-state index contributed by atoms with van der Waals surface area (Å²) in [4.78, 5) is 23.5. The van der Waals surface area contributed by atoms with E-state index in [1.807, 2.05) is 25.1 Å². The molecule has 0 saturated carbocycles. The van der Waals surface area contributed by atoms with E-state index in [2.05, 4.69) is 0 Å². The van der Waals surface area contributed by atoms with Gasteiger partial charge in [-0.25, -0.2) is 0 Å². The van der Waals surface area contributed by atoms with Crippen LogP contribution in [0.3, 0.4) is 0 Å². The largest absolute Gasteiger partial charge is 0.481 e. The van der Waals surface area contributed by atoms with Gasteiger partial charge in [0.15, 0.2) is 5.78 Å². The highest BCUT2D eigenvalue weighted by molar-refractivity contribution is 6.10. The molecule has 0 aliphatic carbocycles. The molecule has 0 aliphatic heterocycles. The van der Waals surface area contributed by atoms with Gasteiger partial charge in [0.05, 0.1) is 6.42 Å². The first-order valence-corrected chi connectivity index (χ1v) is 6.36. The fourth-order valence-electron chi connectivity index (χ4n) is 2.16. The molecule has 2 rings (SSSR count). The Morgan fingerprint density at radius 3 is 2.43 bits per heavy atom. The van der Waals surface area contributed by atoms with E-state index in [4.69, 9.17) is 10.4 Å². The fourth-order valence-corrected chi connectivity index (χ4v) is 2.16. The van der Waals surface area contributed by atoms with E-state index in [1.165, 1.54) is 10.6 Å². The van der Waals surface area contributed by atoms with E-state index in [0.717, 1.165) is 5.56 Å². The summed E-state index contributed by atoms with van der Waals surface area (Å²) in [5, 5.41) is 18.0. The van der Waals surface area contributed by atoms with Crippen LogP contribution in [0.25, 0.3) is 0 Å². The molecular weight excluding hydrogens is 268 g/mol. The Hall–Kier alpha value is -2.87. The smallest absolute Gasteiger partial charge is 0.309 e. The van der Waals surface area contributed by atoms with E-state index in [1.54, 1.807) is 19.2 Å². The van der Waals surface area contributed by atoms with Gasteiger partial charge < -0.3 is 9.67 Å². The molecule has 1 N–H and O–H groups in total. The third-order valence-electron chi connectivity index (χ3n) is 3.35. The van der Waals surface area contributed by atoms with Crippen molar-refractivity contribution >= 4 is 11.8 Å². The Balaban J connectivity index is 2.52. The van der Waals surface area contributed by atoms with Gasteiger partial charge in [0.2, 0.25) is 0 Å². The van der Waals surface area contributed by atoms with E-state index in [-0.39, 0.29) is 23.5 Å². The van der Waals surface area contributed by atoms with Crippen molar-refractivity contribution in [2.75, 3.05) is 0 Å². The summed E-state index contributed by atoms with van der Waals surface area (Å²) in [5.41, 5.74) is 2.37. The maximum absolute atomic E-state index is 12.5. The number of hydrogen-bond donors (Lipinski definition) is 1. The van der Waals surface area contributed by atoms with Crippen molar-refractivity contribution in [2.45, 2.75) is 13.3 Å². The lowest BCUT2D eigenvalue weighted by Gasteiger charge is -2.05. The lowest BCUT2D eigenvalue weighted by Crippen LogP contribution is -2.11. The Morgan fingerprint density at radius 1 is 1.29 bits per heavy atom. The predicted octanol–water partition coefficient (Wildman–Crippen LogP) is 2.06. The average molecular weight is 282 g/mol. The predicted molar refractivity (Wildman–Crippen MR) is 76.1 cm³/mol. The molecule has 0 aliphatic rings. The standard InChI is InChI=1S/C16H14N2O3/c1-10-3-5-11(6-4-10)16(21)13-7-12(9-17)18(2)14(13)8-15(19)20/h3-7H,8H2,1-2H3,(H,19,20). The molecule has 2 aromatic rings. The highest BCUT2D eigenvalue weighted by Gasteiger charge is 2.21. The second-order valence-electron chi connectivity index (χ2n) is 4.83. The van der Waals surface area contributed by atoms with E-state index >= 15 is 0 Å². The minimum atomic E-state index is -1.04. The number of carbonyl (C=O) groups is 2. The molecule has 5 nitrogen and oxygen atoms in total. The lowest BCUT2D eigenvalue weighted by atomic mass is 10.0. The van der Waals surface area contributed by atoms with Gasteiger partial charge in [0, 0.05) is 23.9 Å². The van der Waals surface area contributed by atoms with Crippen molar-refractivity contribution in [1.82, 2.24) is 4.57 Å². The summed E-state index contributed by atoms with van der Waals surface area (Å²) < 4.78 is 1.45. The van der Waals surface area contributed by atoms with Gasteiger partial charge in [0.25, 0.3) is 0 Å². The first kappa shape index (κ1) is 14.5. The number of nitrogens with zero attached hydrogens (tertiary/aromatic N) is 2. The van der Waals surface area contributed by atoms with Gasteiger partial charge in [-0.15, -0.1) is 0 Å². The molecule has 1 aromatic heterocycles. The van der Waals surface area contributed by atoms with Crippen molar-refractivity contribution in [3.05, 3.63) is 58.4 Å². The first-order chi connectivity index (χ1) is 9.93. The van der Waals surface area contributed by atoms with Crippen molar-refractivity contribution in [2.24, 2.45) is 7.05 Å². The number of aryl methyl sites for hydroxylation is 1. The van der Waals surface area contributed by atoms with E-state index in [9.17, 15) is 9.59 Å². The quantitative estimate of drug-likeness (QED) is 0.870. The SMILES string of the molecule is Cc1ccc(C(=O)c2cc(C#N)n(C)c2CC(=O)O)cc1. The number of carboxylic acid groups (broad SMARTS) is 1. The zero-order chi connectivity index (χ0) is 15.6. The van der Waals surface area contributed by atoms with Crippen LogP contribution in [0, 0.1) is 18.3 Å². The summed E-state index contributed by atoms with van der Waals surface area (Å²) in [6, 6.07) is 10.4. The molecule has 1 aromatic carbocycles. The third kappa shape index (κ3) is 2.84. The minimum Gasteiger partial charge on any atom is -0.481 e. The Labute approximate surface area is 122 Å². The van der Waals surface area contributed by atoms with Crippen LogP contribution >= 0.6 is 0 Å². The number of benzene rings is 1. The van der Waals surface area contributed by atoms with Crippen molar-refractivity contribution in [3.8, 4) is 6.07 Å². The number of ketones is 1. The summed E-state index contributed by atoms with van der Waals surface area (Å²) >= 11 is 0. The van der Waals surface area contributed by atoms with Gasteiger partial charge >= 0.3 is 5.97 Å². The van der Waals surface area contributed by atoms with Crippen molar-refractivity contribution < 1.29 is 14.7 Å². The van der Waals surface area contributed by atoms with Crippen LogP contribution in [0.1, 0.15) is 32.9 Å². The van der Waals surface area contributed by atoms with Crippen LogP contribution < -0.4 is 0 Å². The van der Waals surface area contributed by atoms with Crippen LogP contribution in [0.5, 0.6) is 0 Å². The number of aliphatic carboxylic acids is 1. The molecule has 0 fully saturated rings. The summed E-state index contributed by atoms with van der Waals surface area (Å²) in [7, 11) is 1.59. The maximum Gasteiger partial charge on any atom is 0.309 e. The average Bonchev–Trinajstić information content (AvgIpc) is 2.75. The normalized spacial score (nSPS) is 10.1. The molecule has 0 saturated heterocycles. The molecule has 0 atom stereocenters. The summed E-state index contributed by atoms with van der Waals surface area (Å²) in [6.07, 6.45) is -0.300. The molecule has 0 radical (unpaired) electrons. The van der Waals surface area contributed by atoms with Crippen LogP contribution in [-0.4, -0.2) is 21.4 Å². The molecule has 106 valence electrons. The van der Waals surface area contributed by atoms with Crippen LogP contribution in [0.4, 0.5) is 0 Å². The Morgan fingerprint density at radius 2 is 1.90 bits per heavy atom. The third-order valence-corrected chi connectivity index (χ3v) is 3.35. The van der Waals surface area contributed by atoms with E-state index in [0.29, 0.717) is 11.3 Å². The molecular formula is C16H14N2O3. The molecule has 5 heteroatoms. The number of carbonyl (C=O) groups excluding carboxylic acids is 1. The second-order valence-corrected chi connectivity index (χ2v) is 4.83. The Kier molecular flexibility index (Phi) is 3.90. The topological polar surface area (TPSA) is 83.1 Å². The summed E-state index contributed by atoms with van der Waals surface area (Å²) in [6.45, 7) is 1.92. The van der Waals surface area contributed by atoms with Crippen molar-refractivity contribution in [1.29, 1.82) is 5.26 Å². The second kappa shape index (κ2) is 5.63. The Bertz CT molecular complexity index is 749. The summed E-state index contributed by atoms with van der Waals surface area (Å²) in [5.74, 6) is -1.32. The van der Waals surface area contributed by atoms with Gasteiger partial charge in [0.1, 0.15) is 11.8 Å². The molecule has 1 heterocycles. The monoisotopic (exact) mass is 282 g/mol. The van der Waals surface area contributed by atoms with Crippen LogP contribution in [0.2, 0.25) is 0 Å². The maximum atomic E-state index is 12.5. The van der Waals surface area contributed by atoms with Crippen LogP contribution in [-0.2, 0) is 18.3 Å². The zero-order valence-corrected chi connectivity index (χ0v) is 11.8. The number of nitriles is 1. The molecule has 0 bridgehead atoms. The molecule has 21 heavy (non-hydrogen) atoms. The number of carboxylic acids is 1. The number of aromatic nitrogens is 1. The molecule has 0 amide bonds. The number of rotatable bonds is 4. The van der Waals surface area contributed by atoms with Gasteiger partial charge in [-0.2, -0.15) is 5.26 Å². The first-order valence-electron chi connectivity index (χ1n) is 6.36. The molecule has 0 unspecified atom stereocenters. The van der Waals surface area contributed by atoms with Crippen LogP contribution in [0.15, 0.2) is 30.3 Å². The van der Waals surface area contributed by atoms with E-state index < -0.39 is 5.97 Å². The minimum absolute atomic E-state index is 0.264. The van der Waals surface area contributed by atoms with Gasteiger partial charge in [-0.05, 0) is 13.0 Å². The van der Waals surface area contributed by atoms with Gasteiger partial charge in [-0.3, -0.25) is 9.59 Å². The molecule has 0 spiro atoms. The number of hydrogen-bond acceptors (Lipinski definition) is 3.